The third-order valence-corrected chi connectivity index (χ3v) is 2.19. The zero-order chi connectivity index (χ0) is 9.68. The van der Waals surface area contributed by atoms with Crippen LogP contribution in [0.2, 0.25) is 0 Å². The van der Waals surface area contributed by atoms with Crippen molar-refractivity contribution in [2.75, 3.05) is 0 Å². The van der Waals surface area contributed by atoms with Gasteiger partial charge in [0.1, 0.15) is 0 Å². The molecule has 0 saturated carbocycles. The molecule has 0 aliphatic rings. The molecule has 0 amide bonds. The molecule has 2 heteroatoms. The maximum Gasteiger partial charge on any atom is 0.0696 e. The molecular weight excluding hydrogens is 162 g/mol. The lowest BCUT2D eigenvalue weighted by molar-refractivity contribution is 0.281. The van der Waals surface area contributed by atoms with E-state index in [-0.39, 0.29) is 6.61 Å². The van der Waals surface area contributed by atoms with Gasteiger partial charge in [-0.05, 0) is 30.4 Å². The van der Waals surface area contributed by atoms with Crippen LogP contribution in [0.3, 0.4) is 0 Å². The van der Waals surface area contributed by atoms with Crippen molar-refractivity contribution in [3.63, 3.8) is 0 Å². The van der Waals surface area contributed by atoms with E-state index in [1.54, 1.807) is 0 Å². The summed E-state index contributed by atoms with van der Waals surface area (Å²) in [5.41, 5.74) is 1.00. The number of aromatic nitrogens is 1. The number of aryl methyl sites for hydroxylation is 1. The number of aliphatic hydroxyl groups excluding tert-OH is 1. The predicted octanol–water partition coefficient (Wildman–Crippen LogP) is 2.42. The van der Waals surface area contributed by atoms with Gasteiger partial charge in [0.2, 0.25) is 0 Å². The SMILES string of the molecule is CC(C)CCCn1ccc(CO)c1. The van der Waals surface area contributed by atoms with Crippen molar-refractivity contribution >= 4 is 0 Å². The van der Waals surface area contributed by atoms with Gasteiger partial charge in [0.05, 0.1) is 6.61 Å². The first-order valence-corrected chi connectivity index (χ1v) is 4.98. The summed E-state index contributed by atoms with van der Waals surface area (Å²) >= 11 is 0. The molecule has 0 aliphatic carbocycles. The van der Waals surface area contributed by atoms with Crippen molar-refractivity contribution in [3.05, 3.63) is 24.0 Å². The Morgan fingerprint density at radius 3 is 2.77 bits per heavy atom. The molecule has 0 saturated heterocycles. The second-order valence-corrected chi connectivity index (χ2v) is 3.95. The molecule has 0 fully saturated rings. The maximum absolute atomic E-state index is 8.85. The van der Waals surface area contributed by atoms with E-state index in [2.05, 4.69) is 18.4 Å². The lowest BCUT2D eigenvalue weighted by atomic mass is 10.1. The summed E-state index contributed by atoms with van der Waals surface area (Å²) in [6.07, 6.45) is 6.54. The van der Waals surface area contributed by atoms with Crippen LogP contribution in [-0.4, -0.2) is 9.67 Å². The summed E-state index contributed by atoms with van der Waals surface area (Å²) in [5.74, 6) is 0.785. The summed E-state index contributed by atoms with van der Waals surface area (Å²) < 4.78 is 2.15. The van der Waals surface area contributed by atoms with Gasteiger partial charge in [-0.1, -0.05) is 13.8 Å². The van der Waals surface area contributed by atoms with Gasteiger partial charge in [-0.2, -0.15) is 0 Å². The number of rotatable bonds is 5. The normalized spacial score (nSPS) is 11.1. The lowest BCUT2D eigenvalue weighted by Gasteiger charge is -2.05. The second-order valence-electron chi connectivity index (χ2n) is 3.95. The van der Waals surface area contributed by atoms with Gasteiger partial charge in [-0.25, -0.2) is 0 Å². The largest absolute Gasteiger partial charge is 0.392 e. The fraction of sp³-hybridized carbons (Fsp3) is 0.636. The first-order valence-electron chi connectivity index (χ1n) is 4.98. The molecule has 1 N–H and O–H groups in total. The summed E-state index contributed by atoms with van der Waals surface area (Å²) in [7, 11) is 0. The van der Waals surface area contributed by atoms with E-state index >= 15 is 0 Å². The summed E-state index contributed by atoms with van der Waals surface area (Å²) in [4.78, 5) is 0. The molecule has 74 valence electrons. The van der Waals surface area contributed by atoms with Crippen LogP contribution >= 0.6 is 0 Å². The van der Waals surface area contributed by atoms with Crippen LogP contribution in [0, 0.1) is 5.92 Å². The summed E-state index contributed by atoms with van der Waals surface area (Å²) in [6.45, 7) is 5.71. The first-order chi connectivity index (χ1) is 6.22. The number of hydrogen-bond acceptors (Lipinski definition) is 1. The maximum atomic E-state index is 8.85. The van der Waals surface area contributed by atoms with E-state index < -0.39 is 0 Å². The van der Waals surface area contributed by atoms with Crippen LogP contribution in [0.1, 0.15) is 32.3 Å². The molecule has 0 unspecified atom stereocenters. The third kappa shape index (κ3) is 3.64. The lowest BCUT2D eigenvalue weighted by Crippen LogP contribution is -1.96. The molecule has 1 rings (SSSR count). The van der Waals surface area contributed by atoms with Crippen molar-refractivity contribution in [1.82, 2.24) is 4.57 Å². The highest BCUT2D eigenvalue weighted by atomic mass is 16.3. The van der Waals surface area contributed by atoms with Gasteiger partial charge in [-0.3, -0.25) is 0 Å². The van der Waals surface area contributed by atoms with Crippen LogP contribution in [0.4, 0.5) is 0 Å². The number of nitrogens with zero attached hydrogens (tertiary/aromatic N) is 1. The Balaban J connectivity index is 2.28. The molecule has 1 aromatic heterocycles. The first kappa shape index (κ1) is 10.3. The second kappa shape index (κ2) is 5.07. The Kier molecular flexibility index (Phi) is 4.03. The highest BCUT2D eigenvalue weighted by molar-refractivity contribution is 5.08. The van der Waals surface area contributed by atoms with Crippen LogP contribution in [0.25, 0.3) is 0 Å². The monoisotopic (exact) mass is 181 g/mol. The third-order valence-electron chi connectivity index (χ3n) is 2.19. The predicted molar refractivity (Wildman–Crippen MR) is 54.4 cm³/mol. The summed E-state index contributed by atoms with van der Waals surface area (Å²) in [6, 6.07) is 1.97. The van der Waals surface area contributed by atoms with E-state index in [1.807, 2.05) is 18.5 Å². The highest BCUT2D eigenvalue weighted by Crippen LogP contribution is 2.07. The Morgan fingerprint density at radius 1 is 1.46 bits per heavy atom. The van der Waals surface area contributed by atoms with E-state index in [0.717, 1.165) is 18.0 Å². The molecule has 0 aliphatic heterocycles. The van der Waals surface area contributed by atoms with Crippen molar-refractivity contribution in [2.24, 2.45) is 5.92 Å². The molecule has 0 radical (unpaired) electrons. The molecule has 0 spiro atoms. The van der Waals surface area contributed by atoms with Crippen LogP contribution in [0.15, 0.2) is 18.5 Å². The van der Waals surface area contributed by atoms with E-state index in [4.69, 9.17) is 5.11 Å². The molecule has 13 heavy (non-hydrogen) atoms. The molecule has 2 nitrogen and oxygen atoms in total. The minimum Gasteiger partial charge on any atom is -0.392 e. The smallest absolute Gasteiger partial charge is 0.0696 e. The molecular formula is C11H19NO. The zero-order valence-electron chi connectivity index (χ0n) is 8.53. The van der Waals surface area contributed by atoms with Crippen LogP contribution in [-0.2, 0) is 13.2 Å². The quantitative estimate of drug-likeness (QED) is 0.741. The molecule has 1 heterocycles. The van der Waals surface area contributed by atoms with E-state index in [0.29, 0.717) is 0 Å². The number of hydrogen-bond donors (Lipinski definition) is 1. The summed E-state index contributed by atoms with van der Waals surface area (Å²) in [5, 5.41) is 8.85. The Morgan fingerprint density at radius 2 is 2.23 bits per heavy atom. The standard InChI is InChI=1S/C11H19NO/c1-10(2)4-3-6-12-7-5-11(8-12)9-13/h5,7-8,10,13H,3-4,6,9H2,1-2H3. The molecule has 0 bridgehead atoms. The van der Waals surface area contributed by atoms with Gasteiger partial charge >= 0.3 is 0 Å². The zero-order valence-corrected chi connectivity index (χ0v) is 8.53. The van der Waals surface area contributed by atoms with Crippen LogP contribution < -0.4 is 0 Å². The molecule has 1 aromatic rings. The fourth-order valence-corrected chi connectivity index (χ4v) is 1.41. The van der Waals surface area contributed by atoms with Crippen molar-refractivity contribution in [3.8, 4) is 0 Å². The van der Waals surface area contributed by atoms with Crippen molar-refractivity contribution in [2.45, 2.75) is 39.8 Å². The molecule has 0 aromatic carbocycles. The van der Waals surface area contributed by atoms with Gasteiger partial charge in [0, 0.05) is 18.9 Å². The average molecular weight is 181 g/mol. The topological polar surface area (TPSA) is 25.2 Å². The highest BCUT2D eigenvalue weighted by Gasteiger charge is 1.96. The van der Waals surface area contributed by atoms with E-state index in [9.17, 15) is 0 Å². The van der Waals surface area contributed by atoms with E-state index in [1.165, 1.54) is 12.8 Å². The van der Waals surface area contributed by atoms with Gasteiger partial charge < -0.3 is 9.67 Å². The van der Waals surface area contributed by atoms with Crippen molar-refractivity contribution in [1.29, 1.82) is 0 Å². The minimum absolute atomic E-state index is 0.150. The Bertz CT molecular complexity index is 240. The Labute approximate surface area is 80.2 Å². The fourth-order valence-electron chi connectivity index (χ4n) is 1.41. The number of aliphatic hydroxyl groups is 1. The minimum atomic E-state index is 0.150. The Hall–Kier alpha value is -0.760. The van der Waals surface area contributed by atoms with Gasteiger partial charge in [-0.15, -0.1) is 0 Å². The molecule has 0 atom stereocenters. The van der Waals surface area contributed by atoms with Gasteiger partial charge in [0.25, 0.3) is 0 Å². The van der Waals surface area contributed by atoms with Crippen LogP contribution in [0.5, 0.6) is 0 Å². The van der Waals surface area contributed by atoms with Gasteiger partial charge in [0.15, 0.2) is 0 Å². The average Bonchev–Trinajstić information content (AvgIpc) is 2.52. The van der Waals surface area contributed by atoms with Crippen molar-refractivity contribution < 1.29 is 5.11 Å².